The summed E-state index contributed by atoms with van der Waals surface area (Å²) in [4.78, 5) is 14.8. The van der Waals surface area contributed by atoms with Crippen molar-refractivity contribution in [2.24, 2.45) is 11.3 Å². The molecular weight excluding hydrogens is 356 g/mol. The minimum atomic E-state index is -0.921. The van der Waals surface area contributed by atoms with Crippen molar-refractivity contribution in [3.8, 4) is 0 Å². The first-order valence-electron chi connectivity index (χ1n) is 9.99. The number of anilines is 3. The van der Waals surface area contributed by atoms with Gasteiger partial charge in [0.05, 0.1) is 30.6 Å². The molecule has 1 amide bonds. The van der Waals surface area contributed by atoms with Gasteiger partial charge in [-0.2, -0.15) is 0 Å². The summed E-state index contributed by atoms with van der Waals surface area (Å²) in [5.41, 5.74) is 8.76. The number of carbonyl (C=O) groups is 1. The molecule has 1 aromatic rings. The highest BCUT2D eigenvalue weighted by atomic mass is 16.5. The average molecular weight is 393 g/mol. The quantitative estimate of drug-likeness (QED) is 0.615. The highest BCUT2D eigenvalue weighted by Crippen LogP contribution is 2.30. The fourth-order valence-corrected chi connectivity index (χ4v) is 3.47. The Hall–Kier alpha value is -2.15. The summed E-state index contributed by atoms with van der Waals surface area (Å²) in [7, 11) is 3.47. The van der Waals surface area contributed by atoms with Crippen LogP contribution in [0.25, 0.3) is 0 Å². The van der Waals surface area contributed by atoms with Crippen LogP contribution in [-0.4, -0.2) is 62.5 Å². The average Bonchev–Trinajstić information content (AvgIpc) is 2.64. The maximum Gasteiger partial charge on any atom is 0.407 e. The van der Waals surface area contributed by atoms with Gasteiger partial charge >= 0.3 is 6.09 Å². The molecule has 1 heterocycles. The van der Waals surface area contributed by atoms with E-state index in [4.69, 9.17) is 15.6 Å². The van der Waals surface area contributed by atoms with Crippen LogP contribution in [-0.2, 0) is 4.74 Å². The minimum Gasteiger partial charge on any atom is -0.465 e. The van der Waals surface area contributed by atoms with Crippen molar-refractivity contribution in [1.29, 1.82) is 0 Å². The second-order valence-electron chi connectivity index (χ2n) is 8.80. The van der Waals surface area contributed by atoms with Crippen molar-refractivity contribution in [3.05, 3.63) is 18.2 Å². The molecule has 4 N–H and O–H groups in total. The van der Waals surface area contributed by atoms with Gasteiger partial charge in [0.15, 0.2) is 0 Å². The molecule has 0 aromatic heterocycles. The van der Waals surface area contributed by atoms with Gasteiger partial charge in [-0.1, -0.05) is 20.8 Å². The van der Waals surface area contributed by atoms with E-state index in [0.717, 1.165) is 37.3 Å². The number of piperidine rings is 1. The van der Waals surface area contributed by atoms with E-state index in [1.54, 1.807) is 7.05 Å². The maximum atomic E-state index is 11.2. The fraction of sp³-hybridized carbons (Fsp3) is 0.667. The number of ether oxygens (including phenoxy) is 1. The van der Waals surface area contributed by atoms with Gasteiger partial charge in [-0.3, -0.25) is 0 Å². The van der Waals surface area contributed by atoms with Crippen LogP contribution in [0, 0.1) is 11.3 Å². The molecule has 7 heteroatoms. The topological polar surface area (TPSA) is 91.1 Å². The molecular formula is C21H36N4O3. The third-order valence-corrected chi connectivity index (χ3v) is 5.55. The number of likely N-dealkylation sites (N-methyl/N-ethyl adjacent to an activating group) is 1. The van der Waals surface area contributed by atoms with Gasteiger partial charge in [0.25, 0.3) is 0 Å². The van der Waals surface area contributed by atoms with E-state index in [0.29, 0.717) is 19.1 Å². The smallest absolute Gasteiger partial charge is 0.407 e. The highest BCUT2D eigenvalue weighted by Gasteiger charge is 2.29. The van der Waals surface area contributed by atoms with E-state index in [2.05, 4.69) is 43.1 Å². The van der Waals surface area contributed by atoms with Crippen molar-refractivity contribution in [3.63, 3.8) is 0 Å². The first-order valence-corrected chi connectivity index (χ1v) is 9.99. The molecule has 1 aliphatic rings. The molecule has 0 saturated carbocycles. The lowest BCUT2D eigenvalue weighted by Gasteiger charge is -2.37. The Balaban J connectivity index is 1.88. The van der Waals surface area contributed by atoms with Gasteiger partial charge < -0.3 is 30.7 Å². The van der Waals surface area contributed by atoms with Crippen molar-refractivity contribution >= 4 is 23.2 Å². The Morgan fingerprint density at radius 2 is 2.04 bits per heavy atom. The Morgan fingerprint density at radius 3 is 2.57 bits per heavy atom. The zero-order chi connectivity index (χ0) is 20.9. The van der Waals surface area contributed by atoms with Gasteiger partial charge in [-0.15, -0.1) is 0 Å². The summed E-state index contributed by atoms with van der Waals surface area (Å²) in [5, 5.41) is 12.3. The van der Waals surface area contributed by atoms with Gasteiger partial charge in [-0.25, -0.2) is 4.79 Å². The van der Waals surface area contributed by atoms with Crippen LogP contribution in [0.15, 0.2) is 18.2 Å². The number of hydrogen-bond donors (Lipinski definition) is 3. The summed E-state index contributed by atoms with van der Waals surface area (Å²) in [6, 6.07) is 6.12. The Bertz CT molecular complexity index is 652. The van der Waals surface area contributed by atoms with E-state index < -0.39 is 6.09 Å². The number of nitrogens with two attached hydrogens (primary N) is 1. The lowest BCUT2D eigenvalue weighted by Crippen LogP contribution is -2.43. The first kappa shape index (κ1) is 22.1. The molecule has 0 spiro atoms. The standard InChI is InChI=1S/C21H36N4O3/c1-21(2,3)19(13-24(5)20(26)27)28-14-15-8-10-25(11-9-15)16-6-7-17(22)18(12-16)23-4/h6-7,12,15,19,23H,8-11,13-14,22H2,1-5H3,(H,26,27). The molecule has 1 aliphatic heterocycles. The van der Waals surface area contributed by atoms with Crippen LogP contribution in [0.5, 0.6) is 0 Å². The number of nitrogens with one attached hydrogen (secondary N) is 1. The number of amides is 1. The molecule has 1 atom stereocenters. The van der Waals surface area contributed by atoms with Crippen molar-refractivity contribution in [2.75, 3.05) is 56.3 Å². The largest absolute Gasteiger partial charge is 0.465 e. The molecule has 2 rings (SSSR count). The number of rotatable bonds is 7. The number of nitrogens with zero attached hydrogens (tertiary/aromatic N) is 2. The van der Waals surface area contributed by atoms with Gasteiger partial charge in [0.2, 0.25) is 0 Å². The van der Waals surface area contributed by atoms with Gasteiger partial charge in [-0.05, 0) is 42.4 Å². The normalized spacial score (nSPS) is 16.7. The molecule has 1 unspecified atom stereocenters. The van der Waals surface area contributed by atoms with Crippen molar-refractivity contribution in [1.82, 2.24) is 4.90 Å². The van der Waals surface area contributed by atoms with E-state index >= 15 is 0 Å². The molecule has 0 radical (unpaired) electrons. The highest BCUT2D eigenvalue weighted by molar-refractivity contribution is 5.72. The summed E-state index contributed by atoms with van der Waals surface area (Å²) >= 11 is 0. The van der Waals surface area contributed by atoms with Crippen molar-refractivity contribution in [2.45, 2.75) is 39.7 Å². The van der Waals surface area contributed by atoms with Crippen LogP contribution >= 0.6 is 0 Å². The third kappa shape index (κ3) is 5.92. The van der Waals surface area contributed by atoms with Gasteiger partial charge in [0.1, 0.15) is 0 Å². The molecule has 7 nitrogen and oxygen atoms in total. The second kappa shape index (κ2) is 9.37. The van der Waals surface area contributed by atoms with E-state index in [-0.39, 0.29) is 11.5 Å². The monoisotopic (exact) mass is 392 g/mol. The zero-order valence-electron chi connectivity index (χ0n) is 17.9. The Kier molecular flexibility index (Phi) is 7.41. The number of nitrogen functional groups attached to an aromatic ring is 1. The predicted molar refractivity (Wildman–Crippen MR) is 115 cm³/mol. The number of hydrogen-bond acceptors (Lipinski definition) is 5. The number of carboxylic acid groups (broad SMARTS) is 1. The molecule has 0 aliphatic carbocycles. The lowest BCUT2D eigenvalue weighted by atomic mass is 9.88. The SMILES string of the molecule is CNc1cc(N2CCC(COC(CN(C)C(=O)O)C(C)(C)C)CC2)ccc1N. The summed E-state index contributed by atoms with van der Waals surface area (Å²) < 4.78 is 6.21. The summed E-state index contributed by atoms with van der Waals surface area (Å²) in [5.74, 6) is 0.494. The summed E-state index contributed by atoms with van der Waals surface area (Å²) in [6.07, 6.45) is 1.08. The van der Waals surface area contributed by atoms with Gasteiger partial charge in [0, 0.05) is 32.9 Å². The van der Waals surface area contributed by atoms with Crippen LogP contribution in [0.3, 0.4) is 0 Å². The number of benzene rings is 1. The molecule has 1 saturated heterocycles. The van der Waals surface area contributed by atoms with Crippen LogP contribution in [0.1, 0.15) is 33.6 Å². The first-order chi connectivity index (χ1) is 13.1. The van der Waals surface area contributed by atoms with E-state index in [1.165, 1.54) is 10.6 Å². The zero-order valence-corrected chi connectivity index (χ0v) is 17.9. The van der Waals surface area contributed by atoms with Crippen LogP contribution < -0.4 is 16.0 Å². The Morgan fingerprint density at radius 1 is 1.39 bits per heavy atom. The molecule has 158 valence electrons. The third-order valence-electron chi connectivity index (χ3n) is 5.55. The maximum absolute atomic E-state index is 11.2. The fourth-order valence-electron chi connectivity index (χ4n) is 3.47. The Labute approximate surface area is 168 Å². The van der Waals surface area contributed by atoms with E-state index in [9.17, 15) is 4.79 Å². The van der Waals surface area contributed by atoms with Crippen LogP contribution in [0.2, 0.25) is 0 Å². The minimum absolute atomic E-state index is 0.113. The molecule has 28 heavy (non-hydrogen) atoms. The van der Waals surface area contributed by atoms with Crippen molar-refractivity contribution < 1.29 is 14.6 Å². The molecule has 0 bridgehead atoms. The van der Waals surface area contributed by atoms with E-state index in [1.807, 2.05) is 13.1 Å². The molecule has 1 aromatic carbocycles. The summed E-state index contributed by atoms with van der Waals surface area (Å²) in [6.45, 7) is 9.30. The lowest BCUT2D eigenvalue weighted by molar-refractivity contribution is -0.0478. The second-order valence-corrected chi connectivity index (χ2v) is 8.80. The van der Waals surface area contributed by atoms with Crippen LogP contribution in [0.4, 0.5) is 21.9 Å². The molecule has 1 fully saturated rings. The predicted octanol–water partition coefficient (Wildman–Crippen LogP) is 3.57.